The number of fused-ring (bicyclic) bond motifs is 2. The van der Waals surface area contributed by atoms with Crippen LogP contribution in [0.1, 0.15) is 57.1 Å². The molecule has 2 heterocycles. The molecule has 2 saturated heterocycles. The van der Waals surface area contributed by atoms with E-state index in [-0.39, 0.29) is 30.8 Å². The highest BCUT2D eigenvalue weighted by Crippen LogP contribution is 2.66. The molecule has 1 aromatic rings. The van der Waals surface area contributed by atoms with Crippen LogP contribution in [0.5, 0.6) is 0 Å². The Balaban J connectivity index is 1.70. The SMILES string of the molecule is CC12CCC(C(=O)OC(c3ccccc3C3OCCO3)C(F)(F)F)(OC1=O)C2(C)C. The van der Waals surface area contributed by atoms with Crippen LogP contribution in [0.3, 0.4) is 0 Å². The predicted octanol–water partition coefficient (Wildman–Crippen LogP) is 4.00. The molecule has 9 heteroatoms. The number of carbonyl (C=O) groups excluding carboxylic acids is 2. The topological polar surface area (TPSA) is 71.1 Å². The molecule has 1 saturated carbocycles. The summed E-state index contributed by atoms with van der Waals surface area (Å²) in [6.07, 6.45) is -7.97. The van der Waals surface area contributed by atoms with Gasteiger partial charge in [0.25, 0.3) is 0 Å². The third kappa shape index (κ3) is 2.78. The van der Waals surface area contributed by atoms with Crippen LogP contribution in [0.25, 0.3) is 0 Å². The molecule has 4 rings (SSSR count). The average Bonchev–Trinajstić information content (AvgIpc) is 3.31. The Bertz CT molecular complexity index is 876. The number of ether oxygens (including phenoxy) is 4. The van der Waals surface area contributed by atoms with E-state index in [4.69, 9.17) is 18.9 Å². The van der Waals surface area contributed by atoms with E-state index in [0.717, 1.165) is 0 Å². The van der Waals surface area contributed by atoms with E-state index in [2.05, 4.69) is 0 Å². The molecule has 3 atom stereocenters. The van der Waals surface area contributed by atoms with Gasteiger partial charge in [-0.1, -0.05) is 38.1 Å². The van der Waals surface area contributed by atoms with Crippen LogP contribution in [0.15, 0.2) is 24.3 Å². The Morgan fingerprint density at radius 2 is 1.77 bits per heavy atom. The lowest BCUT2D eigenvalue weighted by atomic mass is 9.66. The fourth-order valence-corrected chi connectivity index (χ4v) is 4.71. The number of halogens is 3. The minimum Gasteiger partial charge on any atom is -0.446 e. The molecule has 0 radical (unpaired) electrons. The maximum Gasteiger partial charge on any atom is 0.429 e. The van der Waals surface area contributed by atoms with Crippen LogP contribution >= 0.6 is 0 Å². The number of esters is 2. The van der Waals surface area contributed by atoms with Gasteiger partial charge in [-0.25, -0.2) is 4.79 Å². The molecule has 6 nitrogen and oxygen atoms in total. The van der Waals surface area contributed by atoms with Gasteiger partial charge in [0.05, 0.1) is 18.6 Å². The van der Waals surface area contributed by atoms with E-state index >= 15 is 0 Å². The van der Waals surface area contributed by atoms with Gasteiger partial charge in [0.2, 0.25) is 11.7 Å². The molecule has 0 amide bonds. The molecule has 2 bridgehead atoms. The van der Waals surface area contributed by atoms with Crippen molar-refractivity contribution in [2.45, 2.75) is 57.8 Å². The maximum absolute atomic E-state index is 14.0. The van der Waals surface area contributed by atoms with Crippen molar-refractivity contribution in [2.75, 3.05) is 13.2 Å². The number of carbonyl (C=O) groups is 2. The summed E-state index contributed by atoms with van der Waals surface area (Å²) in [5, 5.41) is 0. The first-order valence-electron chi connectivity index (χ1n) is 9.77. The van der Waals surface area contributed by atoms with Crippen molar-refractivity contribution in [3.8, 4) is 0 Å². The Morgan fingerprint density at radius 1 is 1.13 bits per heavy atom. The fourth-order valence-electron chi connectivity index (χ4n) is 4.71. The van der Waals surface area contributed by atoms with Crippen LogP contribution in [-0.4, -0.2) is 36.9 Å². The maximum atomic E-state index is 14.0. The van der Waals surface area contributed by atoms with Gasteiger partial charge < -0.3 is 18.9 Å². The molecule has 2 aliphatic heterocycles. The van der Waals surface area contributed by atoms with E-state index < -0.39 is 46.9 Å². The van der Waals surface area contributed by atoms with Crippen LogP contribution in [0.2, 0.25) is 0 Å². The van der Waals surface area contributed by atoms with Gasteiger partial charge >= 0.3 is 18.1 Å². The summed E-state index contributed by atoms with van der Waals surface area (Å²) >= 11 is 0. The zero-order chi connectivity index (χ0) is 21.9. The monoisotopic (exact) mass is 428 g/mol. The fraction of sp³-hybridized carbons (Fsp3) is 0.619. The van der Waals surface area contributed by atoms with E-state index in [1.807, 2.05) is 0 Å². The highest BCUT2D eigenvalue weighted by atomic mass is 19.4. The largest absolute Gasteiger partial charge is 0.446 e. The Hall–Kier alpha value is -2.13. The third-order valence-corrected chi connectivity index (χ3v) is 7.09. The summed E-state index contributed by atoms with van der Waals surface area (Å²) in [5.41, 5.74) is -3.85. The molecule has 1 aromatic carbocycles. The van der Waals surface area contributed by atoms with Gasteiger partial charge in [-0.05, 0) is 19.8 Å². The molecule has 0 aromatic heterocycles. The quantitative estimate of drug-likeness (QED) is 0.676. The zero-order valence-corrected chi connectivity index (χ0v) is 16.9. The van der Waals surface area contributed by atoms with Gasteiger partial charge in [-0.15, -0.1) is 0 Å². The Labute approximate surface area is 171 Å². The standard InChI is InChI=1S/C21H23F3O6/c1-18(2)19(3)8-9-20(18,30-16(19)25)17(26)29-14(21(22,23)24)12-6-4-5-7-13(12)15-27-10-11-28-15/h4-7,14-15H,8-11H2,1-3H3. The zero-order valence-electron chi connectivity index (χ0n) is 16.9. The summed E-state index contributed by atoms with van der Waals surface area (Å²) in [5.74, 6) is -1.78. The Kier molecular flexibility index (Phi) is 4.70. The molecule has 30 heavy (non-hydrogen) atoms. The number of rotatable bonds is 4. The summed E-state index contributed by atoms with van der Waals surface area (Å²) in [6, 6.07) is 5.66. The van der Waals surface area contributed by atoms with Crippen molar-refractivity contribution < 1.29 is 41.7 Å². The van der Waals surface area contributed by atoms with Crippen molar-refractivity contribution >= 4 is 11.9 Å². The molecular weight excluding hydrogens is 405 g/mol. The second-order valence-corrected chi connectivity index (χ2v) is 8.70. The van der Waals surface area contributed by atoms with E-state index in [1.165, 1.54) is 18.2 Å². The Morgan fingerprint density at radius 3 is 2.30 bits per heavy atom. The normalized spacial score (nSPS) is 31.6. The lowest BCUT2D eigenvalue weighted by Crippen LogP contribution is -2.50. The number of benzene rings is 1. The van der Waals surface area contributed by atoms with Crippen LogP contribution in [0.4, 0.5) is 13.2 Å². The summed E-state index contributed by atoms with van der Waals surface area (Å²) in [6.45, 7) is 5.48. The first kappa shape index (κ1) is 21.1. The second-order valence-electron chi connectivity index (χ2n) is 8.70. The summed E-state index contributed by atoms with van der Waals surface area (Å²) in [7, 11) is 0. The van der Waals surface area contributed by atoms with Crippen LogP contribution in [0, 0.1) is 10.8 Å². The predicted molar refractivity (Wildman–Crippen MR) is 95.9 cm³/mol. The van der Waals surface area contributed by atoms with E-state index in [1.54, 1.807) is 26.8 Å². The molecule has 3 unspecified atom stereocenters. The molecular formula is C21H23F3O6. The molecule has 1 aliphatic carbocycles. The minimum atomic E-state index is -4.89. The van der Waals surface area contributed by atoms with Crippen molar-refractivity contribution in [1.29, 1.82) is 0 Å². The van der Waals surface area contributed by atoms with E-state index in [9.17, 15) is 22.8 Å². The first-order chi connectivity index (χ1) is 13.9. The summed E-state index contributed by atoms with van der Waals surface area (Å²) in [4.78, 5) is 25.5. The van der Waals surface area contributed by atoms with E-state index in [0.29, 0.717) is 6.42 Å². The molecule has 3 aliphatic rings. The summed E-state index contributed by atoms with van der Waals surface area (Å²) < 4.78 is 63.3. The van der Waals surface area contributed by atoms with Gasteiger partial charge in [0, 0.05) is 16.5 Å². The molecule has 0 spiro atoms. The first-order valence-corrected chi connectivity index (χ1v) is 9.77. The lowest BCUT2D eigenvalue weighted by molar-refractivity contribution is -0.237. The number of hydrogen-bond acceptors (Lipinski definition) is 6. The third-order valence-electron chi connectivity index (χ3n) is 7.09. The highest BCUT2D eigenvalue weighted by molar-refractivity contribution is 5.93. The highest BCUT2D eigenvalue weighted by Gasteiger charge is 2.76. The average molecular weight is 428 g/mol. The molecule has 3 fully saturated rings. The van der Waals surface area contributed by atoms with Crippen molar-refractivity contribution in [1.82, 2.24) is 0 Å². The number of alkyl halides is 3. The number of hydrogen-bond donors (Lipinski definition) is 0. The van der Waals surface area contributed by atoms with Crippen molar-refractivity contribution in [2.24, 2.45) is 10.8 Å². The van der Waals surface area contributed by atoms with Gasteiger partial charge in [-0.3, -0.25) is 4.79 Å². The second kappa shape index (κ2) is 6.68. The van der Waals surface area contributed by atoms with Gasteiger partial charge in [0.15, 0.2) is 6.29 Å². The van der Waals surface area contributed by atoms with Gasteiger partial charge in [-0.2, -0.15) is 13.2 Å². The molecule has 164 valence electrons. The molecule has 0 N–H and O–H groups in total. The van der Waals surface area contributed by atoms with Crippen LogP contribution in [-0.2, 0) is 28.5 Å². The van der Waals surface area contributed by atoms with Crippen molar-refractivity contribution in [3.63, 3.8) is 0 Å². The lowest BCUT2D eigenvalue weighted by Gasteiger charge is -2.36. The van der Waals surface area contributed by atoms with Gasteiger partial charge in [0.1, 0.15) is 0 Å². The van der Waals surface area contributed by atoms with Crippen LogP contribution < -0.4 is 0 Å². The van der Waals surface area contributed by atoms with Crippen molar-refractivity contribution in [3.05, 3.63) is 35.4 Å². The minimum absolute atomic E-state index is 0.113. The smallest absolute Gasteiger partial charge is 0.429 e.